The number of ether oxygens (including phenoxy) is 1. The summed E-state index contributed by atoms with van der Waals surface area (Å²) in [5.74, 6) is 0.765. The summed E-state index contributed by atoms with van der Waals surface area (Å²) >= 11 is 0. The van der Waals surface area contributed by atoms with E-state index < -0.39 is 0 Å². The van der Waals surface area contributed by atoms with E-state index in [1.165, 1.54) is 0 Å². The third kappa shape index (κ3) is 4.51. The molecule has 3 fully saturated rings. The van der Waals surface area contributed by atoms with Crippen molar-refractivity contribution in [2.24, 2.45) is 11.7 Å². The Morgan fingerprint density at radius 1 is 1.04 bits per heavy atom. The van der Waals surface area contributed by atoms with Gasteiger partial charge in [0.2, 0.25) is 11.8 Å². The van der Waals surface area contributed by atoms with Gasteiger partial charge in [0.05, 0.1) is 19.3 Å². The van der Waals surface area contributed by atoms with Gasteiger partial charge < -0.3 is 20.3 Å². The van der Waals surface area contributed by atoms with Crippen molar-refractivity contribution in [1.82, 2.24) is 14.7 Å². The Labute approximate surface area is 150 Å². The molecule has 2 saturated heterocycles. The van der Waals surface area contributed by atoms with E-state index in [-0.39, 0.29) is 23.9 Å². The molecule has 7 heteroatoms. The van der Waals surface area contributed by atoms with E-state index in [1.807, 2.05) is 16.7 Å². The third-order valence-electron chi connectivity index (χ3n) is 6.05. The molecule has 0 aromatic rings. The van der Waals surface area contributed by atoms with Crippen LogP contribution in [0.15, 0.2) is 0 Å². The SMILES string of the molecule is CC(C(=O)N1CCOCC1)N1CCN(C(=O)C[C@@H]2CCC[C@H]2N)CC1. The van der Waals surface area contributed by atoms with Crippen molar-refractivity contribution in [3.8, 4) is 0 Å². The van der Waals surface area contributed by atoms with Crippen LogP contribution in [0, 0.1) is 5.92 Å². The molecule has 2 amide bonds. The smallest absolute Gasteiger partial charge is 0.239 e. The number of morpholine rings is 1. The minimum absolute atomic E-state index is 0.126. The second-order valence-electron chi connectivity index (χ2n) is 7.59. The number of nitrogens with zero attached hydrogens (tertiary/aromatic N) is 3. The van der Waals surface area contributed by atoms with Gasteiger partial charge in [-0.1, -0.05) is 6.42 Å². The number of hydrogen-bond donors (Lipinski definition) is 1. The lowest BCUT2D eigenvalue weighted by molar-refractivity contribution is -0.142. The maximum Gasteiger partial charge on any atom is 0.239 e. The lowest BCUT2D eigenvalue weighted by Crippen LogP contribution is -2.56. The number of rotatable bonds is 4. The van der Waals surface area contributed by atoms with Crippen molar-refractivity contribution in [3.05, 3.63) is 0 Å². The van der Waals surface area contributed by atoms with Crippen LogP contribution in [0.2, 0.25) is 0 Å². The Balaban J connectivity index is 1.44. The van der Waals surface area contributed by atoms with Crippen molar-refractivity contribution < 1.29 is 14.3 Å². The zero-order valence-electron chi connectivity index (χ0n) is 15.4. The van der Waals surface area contributed by atoms with E-state index >= 15 is 0 Å². The molecule has 3 rings (SSSR count). The molecule has 142 valence electrons. The minimum atomic E-state index is -0.126. The molecule has 1 unspecified atom stereocenters. The first-order valence-electron chi connectivity index (χ1n) is 9.70. The Bertz CT molecular complexity index is 473. The van der Waals surface area contributed by atoms with Crippen LogP contribution in [0.5, 0.6) is 0 Å². The van der Waals surface area contributed by atoms with Gasteiger partial charge in [-0.25, -0.2) is 0 Å². The third-order valence-corrected chi connectivity index (χ3v) is 6.05. The van der Waals surface area contributed by atoms with Crippen LogP contribution in [0.1, 0.15) is 32.6 Å². The van der Waals surface area contributed by atoms with Crippen molar-refractivity contribution in [3.63, 3.8) is 0 Å². The first-order valence-corrected chi connectivity index (χ1v) is 9.70. The molecule has 25 heavy (non-hydrogen) atoms. The monoisotopic (exact) mass is 352 g/mol. The summed E-state index contributed by atoms with van der Waals surface area (Å²) < 4.78 is 5.32. The number of amides is 2. The van der Waals surface area contributed by atoms with Crippen LogP contribution in [-0.4, -0.2) is 91.1 Å². The highest BCUT2D eigenvalue weighted by Gasteiger charge is 2.32. The van der Waals surface area contributed by atoms with E-state index in [9.17, 15) is 9.59 Å². The predicted octanol–water partition coefficient (Wildman–Crippen LogP) is -0.105. The van der Waals surface area contributed by atoms with Crippen LogP contribution in [0.3, 0.4) is 0 Å². The van der Waals surface area contributed by atoms with Crippen LogP contribution in [-0.2, 0) is 14.3 Å². The molecule has 3 aliphatic rings. The van der Waals surface area contributed by atoms with E-state index in [2.05, 4.69) is 4.90 Å². The zero-order chi connectivity index (χ0) is 17.8. The number of carbonyl (C=O) groups excluding carboxylic acids is 2. The number of piperazine rings is 1. The minimum Gasteiger partial charge on any atom is -0.378 e. The summed E-state index contributed by atoms with van der Waals surface area (Å²) in [7, 11) is 0. The number of nitrogens with two attached hydrogens (primary N) is 1. The van der Waals surface area contributed by atoms with Crippen molar-refractivity contribution in [1.29, 1.82) is 0 Å². The number of hydrogen-bond acceptors (Lipinski definition) is 5. The molecule has 7 nitrogen and oxygen atoms in total. The Morgan fingerprint density at radius 3 is 2.32 bits per heavy atom. The predicted molar refractivity (Wildman–Crippen MR) is 94.9 cm³/mol. The normalized spacial score (nSPS) is 29.7. The largest absolute Gasteiger partial charge is 0.378 e. The maximum atomic E-state index is 12.6. The molecule has 2 N–H and O–H groups in total. The van der Waals surface area contributed by atoms with Crippen molar-refractivity contribution in [2.45, 2.75) is 44.7 Å². The summed E-state index contributed by atoms with van der Waals surface area (Å²) in [6.45, 7) is 7.55. The van der Waals surface area contributed by atoms with Gasteiger partial charge in [0.1, 0.15) is 0 Å². The molecular formula is C18H32N4O3. The quantitative estimate of drug-likeness (QED) is 0.764. The van der Waals surface area contributed by atoms with Crippen molar-refractivity contribution >= 4 is 11.8 Å². The average Bonchev–Trinajstić information content (AvgIpc) is 3.06. The molecule has 2 heterocycles. The van der Waals surface area contributed by atoms with Gasteiger partial charge in [-0.15, -0.1) is 0 Å². The second kappa shape index (κ2) is 8.47. The number of carbonyl (C=O) groups is 2. The summed E-state index contributed by atoms with van der Waals surface area (Å²) in [5.41, 5.74) is 6.09. The summed E-state index contributed by atoms with van der Waals surface area (Å²) in [4.78, 5) is 31.2. The van der Waals surface area contributed by atoms with Gasteiger partial charge in [0.15, 0.2) is 0 Å². The van der Waals surface area contributed by atoms with E-state index in [0.717, 1.165) is 32.4 Å². The Morgan fingerprint density at radius 2 is 1.72 bits per heavy atom. The lowest BCUT2D eigenvalue weighted by Gasteiger charge is -2.39. The van der Waals surface area contributed by atoms with Crippen LogP contribution in [0.25, 0.3) is 0 Å². The van der Waals surface area contributed by atoms with Crippen LogP contribution in [0.4, 0.5) is 0 Å². The summed E-state index contributed by atoms with van der Waals surface area (Å²) in [6.07, 6.45) is 3.86. The molecule has 1 saturated carbocycles. The second-order valence-corrected chi connectivity index (χ2v) is 7.59. The first kappa shape index (κ1) is 18.6. The molecule has 0 bridgehead atoms. The van der Waals surface area contributed by atoms with Gasteiger partial charge in [-0.05, 0) is 25.7 Å². The molecular weight excluding hydrogens is 320 g/mol. The fraction of sp³-hybridized carbons (Fsp3) is 0.889. The van der Waals surface area contributed by atoms with E-state index in [0.29, 0.717) is 51.7 Å². The first-order chi connectivity index (χ1) is 12.1. The molecule has 0 spiro atoms. The van der Waals surface area contributed by atoms with Gasteiger partial charge in [0, 0.05) is 51.7 Å². The topological polar surface area (TPSA) is 79.1 Å². The van der Waals surface area contributed by atoms with E-state index in [1.54, 1.807) is 0 Å². The van der Waals surface area contributed by atoms with Gasteiger partial charge in [0.25, 0.3) is 0 Å². The molecule has 0 aromatic heterocycles. The molecule has 1 aliphatic carbocycles. The summed E-state index contributed by atoms with van der Waals surface area (Å²) in [5, 5.41) is 0. The fourth-order valence-electron chi connectivity index (χ4n) is 4.24. The Kier molecular flexibility index (Phi) is 6.30. The average molecular weight is 352 g/mol. The standard InChI is InChI=1S/C18H32N4O3/c1-14(18(24)22-9-11-25-12-10-22)20-5-7-21(8-6-20)17(23)13-15-3-2-4-16(15)19/h14-16H,2-13,19H2,1H3/t14?,15-,16+/m0/s1. The lowest BCUT2D eigenvalue weighted by atomic mass is 9.99. The fourth-order valence-corrected chi connectivity index (χ4v) is 4.24. The molecule has 0 radical (unpaired) electrons. The highest BCUT2D eigenvalue weighted by atomic mass is 16.5. The molecule has 3 atom stereocenters. The highest BCUT2D eigenvalue weighted by Crippen LogP contribution is 2.27. The molecule has 0 aromatic carbocycles. The van der Waals surface area contributed by atoms with E-state index in [4.69, 9.17) is 10.5 Å². The van der Waals surface area contributed by atoms with Crippen molar-refractivity contribution in [2.75, 3.05) is 52.5 Å². The Hall–Kier alpha value is -1.18. The van der Waals surface area contributed by atoms with Gasteiger partial charge in [-0.2, -0.15) is 0 Å². The zero-order valence-corrected chi connectivity index (χ0v) is 15.4. The van der Waals surface area contributed by atoms with Gasteiger partial charge in [-0.3, -0.25) is 14.5 Å². The molecule has 2 aliphatic heterocycles. The maximum absolute atomic E-state index is 12.6. The highest BCUT2D eigenvalue weighted by molar-refractivity contribution is 5.81. The van der Waals surface area contributed by atoms with Gasteiger partial charge >= 0.3 is 0 Å². The van der Waals surface area contributed by atoms with Crippen LogP contribution < -0.4 is 5.73 Å². The summed E-state index contributed by atoms with van der Waals surface area (Å²) in [6, 6.07) is 0.0648. The van der Waals surface area contributed by atoms with Crippen LogP contribution >= 0.6 is 0 Å².